The summed E-state index contributed by atoms with van der Waals surface area (Å²) >= 11 is 0. The van der Waals surface area contributed by atoms with Crippen molar-refractivity contribution >= 4 is 5.97 Å². The second-order valence-corrected chi connectivity index (χ2v) is 9.34. The fraction of sp³-hybridized carbons (Fsp3) is 0.233. The van der Waals surface area contributed by atoms with Crippen molar-refractivity contribution in [2.45, 2.75) is 37.0 Å². The lowest BCUT2D eigenvalue weighted by Crippen LogP contribution is -2.39. The van der Waals surface area contributed by atoms with E-state index in [9.17, 15) is 4.79 Å². The van der Waals surface area contributed by atoms with E-state index in [-0.39, 0.29) is 17.8 Å². The van der Waals surface area contributed by atoms with Crippen LogP contribution in [0, 0.1) is 0 Å². The number of fused-ring (bicyclic) bond motifs is 6. The van der Waals surface area contributed by atoms with E-state index in [1.807, 2.05) is 30.6 Å². The molecule has 0 bridgehead atoms. The standard InChI is InChI=1S/C30H26N2O2/c1-3-29(22-12-6-4-10-20(22)27-24(29)14-8-16-31-27)19-30(18-26(33)34-2)23-13-7-5-11-21(23)28-25(30)15-9-17-32-28/h4-17H,3,18-19H2,1-2H3/t29-,30+/m1/s1. The smallest absolute Gasteiger partial charge is 0.306 e. The van der Waals surface area contributed by atoms with E-state index in [1.165, 1.54) is 23.8 Å². The largest absolute Gasteiger partial charge is 0.469 e. The molecular weight excluding hydrogens is 420 g/mol. The lowest BCUT2D eigenvalue weighted by atomic mass is 9.60. The predicted octanol–water partition coefficient (Wildman–Crippen LogP) is 6.07. The van der Waals surface area contributed by atoms with E-state index in [4.69, 9.17) is 14.7 Å². The monoisotopic (exact) mass is 446 g/mol. The van der Waals surface area contributed by atoms with Crippen LogP contribution in [-0.2, 0) is 20.4 Å². The zero-order valence-corrected chi connectivity index (χ0v) is 19.4. The number of hydrogen-bond acceptors (Lipinski definition) is 4. The summed E-state index contributed by atoms with van der Waals surface area (Å²) < 4.78 is 5.27. The van der Waals surface area contributed by atoms with E-state index >= 15 is 0 Å². The molecule has 2 aliphatic rings. The van der Waals surface area contributed by atoms with Crippen LogP contribution in [0.25, 0.3) is 22.5 Å². The van der Waals surface area contributed by atoms with E-state index in [0.29, 0.717) is 0 Å². The summed E-state index contributed by atoms with van der Waals surface area (Å²) in [7, 11) is 1.47. The first-order chi connectivity index (χ1) is 16.6. The van der Waals surface area contributed by atoms with Crippen LogP contribution in [0.15, 0.2) is 85.2 Å². The quantitative estimate of drug-likeness (QED) is 0.349. The van der Waals surface area contributed by atoms with E-state index < -0.39 is 5.41 Å². The highest BCUT2D eigenvalue weighted by molar-refractivity contribution is 5.84. The van der Waals surface area contributed by atoms with Gasteiger partial charge < -0.3 is 4.74 Å². The molecule has 2 aromatic heterocycles. The molecule has 0 N–H and O–H groups in total. The lowest BCUT2D eigenvalue weighted by Gasteiger charge is -2.41. The molecule has 4 heteroatoms. The first-order valence-corrected chi connectivity index (χ1v) is 11.8. The van der Waals surface area contributed by atoms with Gasteiger partial charge >= 0.3 is 5.97 Å². The Morgan fingerprint density at radius 3 is 1.79 bits per heavy atom. The first kappa shape index (κ1) is 20.8. The van der Waals surface area contributed by atoms with Crippen molar-refractivity contribution < 1.29 is 9.53 Å². The summed E-state index contributed by atoms with van der Waals surface area (Å²) in [5.41, 5.74) is 8.21. The molecule has 0 saturated heterocycles. The highest BCUT2D eigenvalue weighted by Gasteiger charge is 2.53. The second-order valence-electron chi connectivity index (χ2n) is 9.34. The Balaban J connectivity index is 1.65. The van der Waals surface area contributed by atoms with Crippen LogP contribution >= 0.6 is 0 Å². The number of pyridine rings is 2. The Bertz CT molecular complexity index is 1330. The van der Waals surface area contributed by atoms with Crippen molar-refractivity contribution in [1.82, 2.24) is 9.97 Å². The molecule has 4 aromatic rings. The first-order valence-electron chi connectivity index (χ1n) is 11.8. The lowest BCUT2D eigenvalue weighted by molar-refractivity contribution is -0.141. The number of esters is 1. The van der Waals surface area contributed by atoms with Gasteiger partial charge in [0.15, 0.2) is 0 Å². The van der Waals surface area contributed by atoms with Crippen molar-refractivity contribution in [3.05, 3.63) is 107 Å². The number of nitrogens with zero attached hydrogens (tertiary/aromatic N) is 2. The minimum atomic E-state index is -0.562. The highest BCUT2D eigenvalue weighted by Crippen LogP contribution is 2.60. The number of carbonyl (C=O) groups excluding carboxylic acids is 1. The number of hydrogen-bond donors (Lipinski definition) is 0. The molecular formula is C30H26N2O2. The number of carbonyl (C=O) groups is 1. The fourth-order valence-electron chi connectivity index (χ4n) is 6.49. The third kappa shape index (κ3) is 2.68. The molecule has 2 atom stereocenters. The van der Waals surface area contributed by atoms with Crippen molar-refractivity contribution in [3.63, 3.8) is 0 Å². The van der Waals surface area contributed by atoms with Crippen LogP contribution in [0.3, 0.4) is 0 Å². The predicted molar refractivity (Wildman–Crippen MR) is 132 cm³/mol. The second kappa shape index (κ2) is 7.63. The van der Waals surface area contributed by atoms with Crippen LogP contribution in [-0.4, -0.2) is 23.0 Å². The minimum Gasteiger partial charge on any atom is -0.469 e. The maximum absolute atomic E-state index is 13.0. The Morgan fingerprint density at radius 1 is 0.735 bits per heavy atom. The summed E-state index contributed by atoms with van der Waals surface area (Å²) in [6.45, 7) is 2.25. The average molecular weight is 447 g/mol. The molecule has 0 aliphatic heterocycles. The Morgan fingerprint density at radius 2 is 1.24 bits per heavy atom. The van der Waals surface area contributed by atoms with Crippen molar-refractivity contribution in [1.29, 1.82) is 0 Å². The molecule has 0 fully saturated rings. The maximum atomic E-state index is 13.0. The molecule has 0 amide bonds. The fourth-order valence-corrected chi connectivity index (χ4v) is 6.49. The molecule has 0 radical (unpaired) electrons. The summed E-state index contributed by atoms with van der Waals surface area (Å²) in [6.07, 6.45) is 5.60. The van der Waals surface area contributed by atoms with Gasteiger partial charge in [-0.25, -0.2) is 0 Å². The number of benzene rings is 2. The zero-order chi connectivity index (χ0) is 23.3. The minimum absolute atomic E-state index is 0.213. The third-order valence-corrected chi connectivity index (χ3v) is 7.92. The van der Waals surface area contributed by atoms with Gasteiger partial charge in [-0.15, -0.1) is 0 Å². The molecule has 0 spiro atoms. The SMILES string of the molecule is CC[C@@]1(C[C@@]2(CC(=O)OC)c3ccccc3-c3ncccc32)c2ccccc2-c2ncccc21. The van der Waals surface area contributed by atoms with Gasteiger partial charge in [0.2, 0.25) is 0 Å². The van der Waals surface area contributed by atoms with Crippen LogP contribution in [0.2, 0.25) is 0 Å². The van der Waals surface area contributed by atoms with E-state index in [2.05, 4.69) is 61.5 Å². The number of ether oxygens (including phenoxy) is 1. The Labute approximate surface area is 199 Å². The van der Waals surface area contributed by atoms with Crippen LogP contribution < -0.4 is 0 Å². The molecule has 168 valence electrons. The summed E-state index contributed by atoms with van der Waals surface area (Å²) in [5, 5.41) is 0. The Hall–Kier alpha value is -3.79. The van der Waals surface area contributed by atoms with Crippen molar-refractivity contribution in [2.24, 2.45) is 0 Å². The summed E-state index contributed by atoms with van der Waals surface area (Å²) in [6, 6.07) is 25.3. The highest BCUT2D eigenvalue weighted by atomic mass is 16.5. The Kier molecular flexibility index (Phi) is 4.66. The molecule has 6 rings (SSSR count). The van der Waals surface area contributed by atoms with Crippen LogP contribution in [0.1, 0.15) is 48.4 Å². The normalized spacial score (nSPS) is 21.4. The van der Waals surface area contributed by atoms with Crippen LogP contribution in [0.4, 0.5) is 0 Å². The molecule has 4 nitrogen and oxygen atoms in total. The third-order valence-electron chi connectivity index (χ3n) is 7.92. The summed E-state index contributed by atoms with van der Waals surface area (Å²) in [4.78, 5) is 22.6. The number of rotatable bonds is 5. The van der Waals surface area contributed by atoms with Gasteiger partial charge in [-0.05, 0) is 47.2 Å². The van der Waals surface area contributed by atoms with Gasteiger partial charge in [-0.1, -0.05) is 67.6 Å². The van der Waals surface area contributed by atoms with E-state index in [1.54, 1.807) is 0 Å². The topological polar surface area (TPSA) is 52.1 Å². The van der Waals surface area contributed by atoms with Gasteiger partial charge in [0, 0.05) is 34.4 Å². The van der Waals surface area contributed by atoms with Gasteiger partial charge in [-0.3, -0.25) is 14.8 Å². The number of aromatic nitrogens is 2. The van der Waals surface area contributed by atoms with Crippen molar-refractivity contribution in [3.8, 4) is 22.5 Å². The molecule has 2 aromatic carbocycles. The molecule has 0 saturated carbocycles. The van der Waals surface area contributed by atoms with Crippen LogP contribution in [0.5, 0.6) is 0 Å². The van der Waals surface area contributed by atoms with Gasteiger partial charge in [0.25, 0.3) is 0 Å². The average Bonchev–Trinajstić information content (AvgIpc) is 3.33. The maximum Gasteiger partial charge on any atom is 0.306 e. The zero-order valence-electron chi connectivity index (χ0n) is 19.4. The van der Waals surface area contributed by atoms with Gasteiger partial charge in [-0.2, -0.15) is 0 Å². The molecule has 2 aliphatic carbocycles. The summed E-state index contributed by atoms with van der Waals surface area (Å²) in [5.74, 6) is -0.213. The number of methoxy groups -OCH3 is 1. The molecule has 2 heterocycles. The van der Waals surface area contributed by atoms with E-state index in [0.717, 1.165) is 40.9 Å². The van der Waals surface area contributed by atoms with Gasteiger partial charge in [0.1, 0.15) is 0 Å². The van der Waals surface area contributed by atoms with Gasteiger partial charge in [0.05, 0.1) is 24.9 Å². The van der Waals surface area contributed by atoms with Crippen molar-refractivity contribution in [2.75, 3.05) is 7.11 Å². The molecule has 34 heavy (non-hydrogen) atoms. The molecule has 0 unspecified atom stereocenters.